The molecular weight excluding hydrogens is 387 g/mol. The number of ether oxygens (including phenoxy) is 5. The minimum absolute atomic E-state index is 0.128. The van der Waals surface area contributed by atoms with Gasteiger partial charge >= 0.3 is 20.1 Å². The first-order valence-electron chi connectivity index (χ1n) is 8.35. The van der Waals surface area contributed by atoms with Crippen LogP contribution in [0.3, 0.4) is 0 Å². The maximum Gasteiger partial charge on any atom is 0.510 e. The Kier molecular flexibility index (Phi) is 13.0. The van der Waals surface area contributed by atoms with E-state index >= 15 is 0 Å². The highest BCUT2D eigenvalue weighted by molar-refractivity contribution is 7.48. The lowest BCUT2D eigenvalue weighted by atomic mass is 10.3. The fourth-order valence-electron chi connectivity index (χ4n) is 1.37. The maximum absolute atomic E-state index is 12.6. The smallest absolute Gasteiger partial charge is 0.432 e. The van der Waals surface area contributed by atoms with Crippen molar-refractivity contribution in [1.29, 1.82) is 0 Å². The molecule has 0 spiro atoms. The van der Waals surface area contributed by atoms with Gasteiger partial charge in [0.25, 0.3) is 0 Å². The van der Waals surface area contributed by atoms with Crippen molar-refractivity contribution in [2.24, 2.45) is 0 Å². The van der Waals surface area contributed by atoms with Gasteiger partial charge in [-0.1, -0.05) is 6.92 Å². The molecule has 0 fully saturated rings. The zero-order chi connectivity index (χ0) is 20.9. The summed E-state index contributed by atoms with van der Waals surface area (Å²) in [6.07, 6.45) is -2.63. The molecule has 1 atom stereocenters. The molecule has 27 heavy (non-hydrogen) atoms. The highest BCUT2D eigenvalue weighted by atomic mass is 31.2. The largest absolute Gasteiger partial charge is 0.510 e. The molecule has 0 aliphatic carbocycles. The third-order valence-corrected chi connectivity index (χ3v) is 3.95. The summed E-state index contributed by atoms with van der Waals surface area (Å²) in [5.41, 5.74) is 0. The number of methoxy groups -OCH3 is 1. The second kappa shape index (κ2) is 13.7. The molecule has 11 nitrogen and oxygen atoms in total. The number of hydrogen-bond acceptors (Lipinski definition) is 11. The number of carbonyl (C=O) groups excluding carboxylic acids is 2. The number of hydrogen-bond donors (Lipinski definition) is 0. The molecule has 1 unspecified atom stereocenters. The van der Waals surface area contributed by atoms with E-state index in [4.69, 9.17) is 27.8 Å². The molecule has 0 bridgehead atoms. The lowest BCUT2D eigenvalue weighted by Gasteiger charge is -2.20. The van der Waals surface area contributed by atoms with Crippen LogP contribution in [-0.2, 0) is 41.8 Å². The molecule has 0 aromatic rings. The van der Waals surface area contributed by atoms with Gasteiger partial charge < -0.3 is 23.7 Å². The van der Waals surface area contributed by atoms with Crippen LogP contribution in [-0.4, -0.2) is 57.9 Å². The summed E-state index contributed by atoms with van der Waals surface area (Å²) in [4.78, 5) is 22.6. The van der Waals surface area contributed by atoms with Crippen LogP contribution in [0.4, 0.5) is 9.59 Å². The van der Waals surface area contributed by atoms with Gasteiger partial charge in [-0.25, -0.2) is 23.2 Å². The van der Waals surface area contributed by atoms with Crippen LogP contribution in [0.2, 0.25) is 0 Å². The minimum Gasteiger partial charge on any atom is -0.432 e. The molecule has 0 aromatic heterocycles. The summed E-state index contributed by atoms with van der Waals surface area (Å²) in [6.45, 7) is 6.69. The molecule has 0 amide bonds. The van der Waals surface area contributed by atoms with E-state index in [1.165, 1.54) is 7.11 Å². The molecular formula is C15H29O11P. The van der Waals surface area contributed by atoms with Crippen LogP contribution in [0.5, 0.6) is 0 Å². The molecule has 0 rings (SSSR count). The molecule has 0 N–H and O–H groups in total. The Morgan fingerprint density at radius 1 is 0.852 bits per heavy atom. The Morgan fingerprint density at radius 2 is 1.30 bits per heavy atom. The van der Waals surface area contributed by atoms with Gasteiger partial charge in [-0.2, -0.15) is 0 Å². The fourth-order valence-corrected chi connectivity index (χ4v) is 2.31. The molecule has 0 saturated carbocycles. The predicted molar refractivity (Wildman–Crippen MR) is 92.0 cm³/mol. The lowest BCUT2D eigenvalue weighted by Crippen LogP contribution is -2.19. The molecule has 0 aliphatic rings. The van der Waals surface area contributed by atoms with E-state index in [1.54, 1.807) is 27.7 Å². The average Bonchev–Trinajstić information content (AvgIpc) is 2.54. The zero-order valence-corrected chi connectivity index (χ0v) is 17.4. The van der Waals surface area contributed by atoms with Gasteiger partial charge in [0.05, 0.1) is 24.9 Å². The molecule has 0 radical (unpaired) electrons. The zero-order valence-electron chi connectivity index (χ0n) is 16.5. The first-order chi connectivity index (χ1) is 12.6. The second-order valence-electron chi connectivity index (χ2n) is 5.62. The van der Waals surface area contributed by atoms with Crippen molar-refractivity contribution in [3.8, 4) is 0 Å². The quantitative estimate of drug-likeness (QED) is 0.248. The predicted octanol–water partition coefficient (Wildman–Crippen LogP) is 3.61. The summed E-state index contributed by atoms with van der Waals surface area (Å²) in [7, 11) is -2.77. The Bertz CT molecular complexity index is 444. The van der Waals surface area contributed by atoms with E-state index < -0.39 is 45.9 Å². The Morgan fingerprint density at radius 3 is 1.63 bits per heavy atom. The SMILES string of the molecule is CCC(COP(=O)(OCOC(=O)OC(C)C)OCOC(=O)OC(C)C)OC. The topological polar surface area (TPSA) is 125 Å². The number of rotatable bonds is 13. The number of phosphoric acid groups is 1. The summed E-state index contributed by atoms with van der Waals surface area (Å²) in [5.74, 6) is 0. The Balaban J connectivity index is 4.62. The highest BCUT2D eigenvalue weighted by Gasteiger charge is 2.30. The van der Waals surface area contributed by atoms with Crippen LogP contribution in [0.15, 0.2) is 0 Å². The maximum atomic E-state index is 12.6. The molecule has 0 heterocycles. The van der Waals surface area contributed by atoms with Gasteiger partial charge in [-0.15, -0.1) is 0 Å². The van der Waals surface area contributed by atoms with Crippen molar-refractivity contribution >= 4 is 20.1 Å². The fraction of sp³-hybridized carbons (Fsp3) is 0.867. The first kappa shape index (κ1) is 25.6. The van der Waals surface area contributed by atoms with Gasteiger partial charge in [-0.05, 0) is 34.1 Å². The van der Waals surface area contributed by atoms with Gasteiger partial charge in [0.1, 0.15) is 0 Å². The third-order valence-electron chi connectivity index (χ3n) is 2.65. The normalized spacial score (nSPS) is 12.7. The van der Waals surface area contributed by atoms with Crippen molar-refractivity contribution in [3.63, 3.8) is 0 Å². The third kappa shape index (κ3) is 13.4. The van der Waals surface area contributed by atoms with Crippen molar-refractivity contribution in [3.05, 3.63) is 0 Å². The summed E-state index contributed by atoms with van der Waals surface area (Å²) >= 11 is 0. The molecule has 0 saturated heterocycles. The van der Waals surface area contributed by atoms with E-state index in [2.05, 4.69) is 9.47 Å². The van der Waals surface area contributed by atoms with Gasteiger partial charge in [0, 0.05) is 7.11 Å². The number of carbonyl (C=O) groups is 2. The number of phosphoric ester groups is 1. The van der Waals surface area contributed by atoms with E-state index in [0.29, 0.717) is 6.42 Å². The van der Waals surface area contributed by atoms with Crippen LogP contribution in [0.1, 0.15) is 41.0 Å². The van der Waals surface area contributed by atoms with Crippen LogP contribution >= 0.6 is 7.82 Å². The molecule has 160 valence electrons. The van der Waals surface area contributed by atoms with E-state index in [1.807, 2.05) is 6.92 Å². The Hall–Kier alpha value is -1.39. The monoisotopic (exact) mass is 416 g/mol. The van der Waals surface area contributed by atoms with Crippen molar-refractivity contribution in [2.75, 3.05) is 27.3 Å². The average molecular weight is 416 g/mol. The van der Waals surface area contributed by atoms with Gasteiger partial charge in [-0.3, -0.25) is 4.52 Å². The standard InChI is InChI=1S/C15H29O11P/c1-7-13(19-6)8-22-27(18,23-9-20-14(16)25-11(2)3)24-10-21-15(17)26-12(4)5/h11-13H,7-10H2,1-6H3. The van der Waals surface area contributed by atoms with E-state index in [0.717, 1.165) is 0 Å². The van der Waals surface area contributed by atoms with Crippen LogP contribution < -0.4 is 0 Å². The summed E-state index contributed by atoms with van der Waals surface area (Å²) < 4.78 is 51.2. The second-order valence-corrected chi connectivity index (χ2v) is 7.29. The van der Waals surface area contributed by atoms with Crippen molar-refractivity contribution < 1.29 is 51.4 Å². The molecule has 0 aromatic carbocycles. The molecule has 0 aliphatic heterocycles. The summed E-state index contributed by atoms with van der Waals surface area (Å²) in [6, 6.07) is 0. The van der Waals surface area contributed by atoms with Crippen molar-refractivity contribution in [2.45, 2.75) is 59.4 Å². The van der Waals surface area contributed by atoms with Crippen molar-refractivity contribution in [1.82, 2.24) is 0 Å². The van der Waals surface area contributed by atoms with E-state index in [-0.39, 0.29) is 12.7 Å². The first-order valence-corrected chi connectivity index (χ1v) is 9.81. The highest BCUT2D eigenvalue weighted by Crippen LogP contribution is 2.49. The van der Waals surface area contributed by atoms with Crippen LogP contribution in [0.25, 0.3) is 0 Å². The lowest BCUT2D eigenvalue weighted by molar-refractivity contribution is -0.0513. The minimum atomic E-state index is -4.23. The van der Waals surface area contributed by atoms with Gasteiger partial charge in [0.2, 0.25) is 13.6 Å². The Labute approximate surface area is 159 Å². The summed E-state index contributed by atoms with van der Waals surface area (Å²) in [5, 5.41) is 0. The van der Waals surface area contributed by atoms with Crippen LogP contribution in [0, 0.1) is 0 Å². The van der Waals surface area contributed by atoms with Gasteiger partial charge in [0.15, 0.2) is 0 Å². The van der Waals surface area contributed by atoms with E-state index in [9.17, 15) is 14.2 Å². The molecule has 12 heteroatoms.